The molecule has 27 heavy (non-hydrogen) atoms. The van der Waals surface area contributed by atoms with Crippen LogP contribution in [0.5, 0.6) is 0 Å². The van der Waals surface area contributed by atoms with Crippen molar-refractivity contribution in [2.24, 2.45) is 0 Å². The summed E-state index contributed by atoms with van der Waals surface area (Å²) in [4.78, 5) is 44.0. The summed E-state index contributed by atoms with van der Waals surface area (Å²) in [6.07, 6.45) is -1.000. The van der Waals surface area contributed by atoms with Crippen LogP contribution in [-0.4, -0.2) is 33.6 Å². The van der Waals surface area contributed by atoms with Crippen LogP contribution in [0, 0.1) is 13.8 Å². The molecular weight excluding hydrogens is 384 g/mol. The Kier molecular flexibility index (Phi) is 5.38. The van der Waals surface area contributed by atoms with E-state index in [0.717, 1.165) is 10.6 Å². The lowest BCUT2D eigenvalue weighted by Gasteiger charge is -2.11. The molecule has 1 N–H and O–H groups in total. The SMILES string of the molecule is CC(=O)c1c(C)[nH]c(C(=O)C(C)OC(=O)c2csc(-c3ccsc3)n2)c1C. The molecule has 0 saturated carbocycles. The third-order valence-electron chi connectivity index (χ3n) is 4.17. The number of aromatic amines is 1. The average Bonchev–Trinajstić information content (AvgIpc) is 3.33. The van der Waals surface area contributed by atoms with Crippen LogP contribution in [0.3, 0.4) is 0 Å². The molecular formula is C19H18N2O4S2. The van der Waals surface area contributed by atoms with Crippen LogP contribution >= 0.6 is 22.7 Å². The number of thiazole rings is 1. The van der Waals surface area contributed by atoms with Crippen molar-refractivity contribution in [1.82, 2.24) is 9.97 Å². The van der Waals surface area contributed by atoms with E-state index in [1.807, 2.05) is 16.8 Å². The van der Waals surface area contributed by atoms with Crippen molar-refractivity contribution in [1.29, 1.82) is 0 Å². The highest BCUT2D eigenvalue weighted by atomic mass is 32.1. The molecule has 3 rings (SSSR count). The first kappa shape index (κ1) is 19.2. The second-order valence-electron chi connectivity index (χ2n) is 6.14. The van der Waals surface area contributed by atoms with Crippen LogP contribution in [0.15, 0.2) is 22.2 Å². The highest BCUT2D eigenvalue weighted by Gasteiger charge is 2.27. The van der Waals surface area contributed by atoms with E-state index in [0.29, 0.717) is 16.8 Å². The Morgan fingerprint density at radius 2 is 1.96 bits per heavy atom. The predicted octanol–water partition coefficient (Wildman–Crippen LogP) is 4.45. The maximum Gasteiger partial charge on any atom is 0.358 e. The molecule has 0 bridgehead atoms. The van der Waals surface area contributed by atoms with Gasteiger partial charge in [0.15, 0.2) is 17.6 Å². The molecule has 0 aromatic carbocycles. The molecule has 3 aromatic heterocycles. The van der Waals surface area contributed by atoms with Gasteiger partial charge in [0.05, 0.1) is 5.69 Å². The fraction of sp³-hybridized carbons (Fsp3) is 0.263. The van der Waals surface area contributed by atoms with Crippen LogP contribution in [0.4, 0.5) is 0 Å². The van der Waals surface area contributed by atoms with Gasteiger partial charge in [-0.15, -0.1) is 11.3 Å². The molecule has 0 amide bonds. The van der Waals surface area contributed by atoms with Crippen LogP contribution in [0.1, 0.15) is 56.4 Å². The highest BCUT2D eigenvalue weighted by molar-refractivity contribution is 7.14. The van der Waals surface area contributed by atoms with Crippen LogP contribution in [0.25, 0.3) is 10.6 Å². The molecule has 1 atom stereocenters. The molecule has 1 unspecified atom stereocenters. The van der Waals surface area contributed by atoms with E-state index in [2.05, 4.69) is 9.97 Å². The monoisotopic (exact) mass is 402 g/mol. The number of hydrogen-bond donors (Lipinski definition) is 1. The Bertz CT molecular complexity index is 1010. The fourth-order valence-electron chi connectivity index (χ4n) is 2.89. The molecule has 0 spiro atoms. The molecule has 0 aliphatic rings. The maximum atomic E-state index is 12.7. The van der Waals surface area contributed by atoms with Crippen molar-refractivity contribution in [2.45, 2.75) is 33.8 Å². The van der Waals surface area contributed by atoms with Crippen molar-refractivity contribution in [3.8, 4) is 10.6 Å². The lowest BCUT2D eigenvalue weighted by molar-refractivity contribution is 0.0312. The first-order valence-corrected chi connectivity index (χ1v) is 10.0. The smallest absolute Gasteiger partial charge is 0.358 e. The van der Waals surface area contributed by atoms with Crippen LogP contribution in [0.2, 0.25) is 0 Å². The largest absolute Gasteiger partial charge is 0.449 e. The van der Waals surface area contributed by atoms with Gasteiger partial charge in [-0.1, -0.05) is 0 Å². The number of H-pyrrole nitrogens is 1. The number of aromatic nitrogens is 2. The summed E-state index contributed by atoms with van der Waals surface area (Å²) in [6.45, 7) is 6.40. The first-order chi connectivity index (χ1) is 12.8. The van der Waals surface area contributed by atoms with E-state index in [1.165, 1.54) is 25.2 Å². The number of ether oxygens (including phenoxy) is 1. The summed E-state index contributed by atoms with van der Waals surface area (Å²) in [7, 11) is 0. The first-order valence-electron chi connectivity index (χ1n) is 8.23. The number of Topliss-reactive ketones (excluding diaryl/α,β-unsaturated/α-hetero) is 2. The minimum absolute atomic E-state index is 0.117. The molecule has 0 saturated heterocycles. The second-order valence-corrected chi connectivity index (χ2v) is 7.78. The summed E-state index contributed by atoms with van der Waals surface area (Å²) in [5, 5.41) is 6.22. The van der Waals surface area contributed by atoms with Gasteiger partial charge in [-0.2, -0.15) is 11.3 Å². The number of esters is 1. The lowest BCUT2D eigenvalue weighted by Crippen LogP contribution is -2.25. The van der Waals surface area contributed by atoms with Crippen LogP contribution in [-0.2, 0) is 4.74 Å². The molecule has 140 valence electrons. The Labute approximate surface area is 164 Å². The fourth-order valence-corrected chi connectivity index (χ4v) is 4.39. The average molecular weight is 402 g/mol. The number of aryl methyl sites for hydroxylation is 1. The molecule has 6 nitrogen and oxygen atoms in total. The summed E-state index contributed by atoms with van der Waals surface area (Å²) >= 11 is 2.89. The standard InChI is InChI=1S/C19H18N2O4S2/c1-9-15(11(3)22)10(2)20-16(9)17(23)12(4)25-19(24)14-8-27-18(21-14)13-5-6-26-7-13/h5-8,12,20H,1-4H3. The van der Waals surface area contributed by atoms with Crippen molar-refractivity contribution in [2.75, 3.05) is 0 Å². The third-order valence-corrected chi connectivity index (χ3v) is 5.75. The van der Waals surface area contributed by atoms with Gasteiger partial charge in [-0.3, -0.25) is 9.59 Å². The van der Waals surface area contributed by atoms with Gasteiger partial charge in [0, 0.05) is 27.6 Å². The number of hydrogen-bond acceptors (Lipinski definition) is 7. The number of thiophene rings is 1. The topological polar surface area (TPSA) is 89.1 Å². The van der Waals surface area contributed by atoms with Crippen molar-refractivity contribution >= 4 is 40.2 Å². The van der Waals surface area contributed by atoms with E-state index in [-0.39, 0.29) is 23.0 Å². The van der Waals surface area contributed by atoms with E-state index in [1.54, 1.807) is 30.6 Å². The summed E-state index contributed by atoms with van der Waals surface area (Å²) in [5.41, 5.74) is 3.10. The zero-order valence-electron chi connectivity index (χ0n) is 15.3. The van der Waals surface area contributed by atoms with Gasteiger partial charge < -0.3 is 9.72 Å². The van der Waals surface area contributed by atoms with Gasteiger partial charge >= 0.3 is 5.97 Å². The van der Waals surface area contributed by atoms with Crippen molar-refractivity contribution in [3.05, 3.63) is 50.4 Å². The Morgan fingerprint density at radius 1 is 1.22 bits per heavy atom. The minimum atomic E-state index is -1.000. The summed E-state index contributed by atoms with van der Waals surface area (Å²) in [6, 6.07) is 1.92. The van der Waals surface area contributed by atoms with Gasteiger partial charge in [-0.05, 0) is 44.7 Å². The molecule has 8 heteroatoms. The van der Waals surface area contributed by atoms with E-state index in [9.17, 15) is 14.4 Å². The molecule has 3 heterocycles. The predicted molar refractivity (Wildman–Crippen MR) is 105 cm³/mol. The molecule has 0 radical (unpaired) electrons. The Hall–Kier alpha value is -2.58. The highest BCUT2D eigenvalue weighted by Crippen LogP contribution is 2.26. The third kappa shape index (κ3) is 3.77. The number of nitrogens with one attached hydrogen (secondary N) is 1. The zero-order valence-corrected chi connectivity index (χ0v) is 16.9. The maximum absolute atomic E-state index is 12.7. The van der Waals surface area contributed by atoms with E-state index < -0.39 is 12.1 Å². The lowest BCUT2D eigenvalue weighted by atomic mass is 10.0. The number of carbonyl (C=O) groups is 3. The normalized spacial score (nSPS) is 12.0. The Balaban J connectivity index is 1.74. The molecule has 0 fully saturated rings. The number of carbonyl (C=O) groups excluding carboxylic acids is 3. The second kappa shape index (κ2) is 7.58. The van der Waals surface area contributed by atoms with Gasteiger partial charge in [0.2, 0.25) is 5.78 Å². The molecule has 0 aliphatic heterocycles. The minimum Gasteiger partial charge on any atom is -0.449 e. The molecule has 3 aromatic rings. The zero-order chi connectivity index (χ0) is 19.7. The molecule has 0 aliphatic carbocycles. The Morgan fingerprint density at radius 3 is 2.56 bits per heavy atom. The van der Waals surface area contributed by atoms with E-state index >= 15 is 0 Å². The van der Waals surface area contributed by atoms with Gasteiger partial charge in [0.1, 0.15) is 5.01 Å². The number of nitrogens with zero attached hydrogens (tertiary/aromatic N) is 1. The van der Waals surface area contributed by atoms with Gasteiger partial charge in [-0.25, -0.2) is 9.78 Å². The summed E-state index contributed by atoms with van der Waals surface area (Å²) in [5.74, 6) is -1.15. The quantitative estimate of drug-likeness (QED) is 0.486. The van der Waals surface area contributed by atoms with Gasteiger partial charge in [0.25, 0.3) is 0 Å². The van der Waals surface area contributed by atoms with E-state index in [4.69, 9.17) is 4.74 Å². The summed E-state index contributed by atoms with van der Waals surface area (Å²) < 4.78 is 5.30. The van der Waals surface area contributed by atoms with Crippen molar-refractivity contribution in [3.63, 3.8) is 0 Å². The van der Waals surface area contributed by atoms with Crippen LogP contribution < -0.4 is 0 Å². The van der Waals surface area contributed by atoms with Crippen molar-refractivity contribution < 1.29 is 19.1 Å². The number of ketones is 2. The number of rotatable bonds is 6.